The van der Waals surface area contributed by atoms with Crippen molar-refractivity contribution in [3.8, 4) is 0 Å². The third-order valence-electron chi connectivity index (χ3n) is 2.73. The summed E-state index contributed by atoms with van der Waals surface area (Å²) in [6, 6.07) is 12.5. The van der Waals surface area contributed by atoms with E-state index in [0.717, 1.165) is 12.8 Å². The number of thiophene rings is 1. The molecular formula is C14H16OS. The molecule has 0 bridgehead atoms. The molecule has 2 aromatic rings. The van der Waals surface area contributed by atoms with Gasteiger partial charge in [-0.2, -0.15) is 11.3 Å². The van der Waals surface area contributed by atoms with Gasteiger partial charge in [0.2, 0.25) is 0 Å². The van der Waals surface area contributed by atoms with Gasteiger partial charge in [0.25, 0.3) is 0 Å². The molecule has 1 aromatic carbocycles. The van der Waals surface area contributed by atoms with Crippen molar-refractivity contribution in [3.05, 3.63) is 58.3 Å². The molecule has 1 unspecified atom stereocenters. The maximum atomic E-state index is 9.39. The summed E-state index contributed by atoms with van der Waals surface area (Å²) >= 11 is 1.72. The van der Waals surface area contributed by atoms with Crippen LogP contribution in [0.5, 0.6) is 0 Å². The molecule has 16 heavy (non-hydrogen) atoms. The van der Waals surface area contributed by atoms with E-state index in [1.54, 1.807) is 11.3 Å². The topological polar surface area (TPSA) is 20.2 Å². The summed E-state index contributed by atoms with van der Waals surface area (Å²) in [7, 11) is 0. The molecular weight excluding hydrogens is 216 g/mol. The minimum Gasteiger partial charge on any atom is -0.396 e. The maximum Gasteiger partial charge on any atom is 0.0465 e. The van der Waals surface area contributed by atoms with E-state index in [1.807, 2.05) is 18.2 Å². The lowest BCUT2D eigenvalue weighted by molar-refractivity contribution is 0.225. The zero-order chi connectivity index (χ0) is 11.2. The van der Waals surface area contributed by atoms with Crippen LogP contribution < -0.4 is 0 Å². The van der Waals surface area contributed by atoms with E-state index in [0.29, 0.717) is 5.92 Å². The van der Waals surface area contributed by atoms with E-state index in [1.165, 1.54) is 11.1 Å². The fourth-order valence-corrected chi connectivity index (χ4v) is 2.57. The van der Waals surface area contributed by atoms with Crippen molar-refractivity contribution in [3.63, 3.8) is 0 Å². The molecule has 0 amide bonds. The highest BCUT2D eigenvalue weighted by Gasteiger charge is 2.09. The molecule has 1 heterocycles. The van der Waals surface area contributed by atoms with E-state index in [2.05, 4.69) is 29.0 Å². The molecule has 0 aliphatic carbocycles. The maximum absolute atomic E-state index is 9.39. The number of aliphatic hydroxyl groups excluding tert-OH is 1. The smallest absolute Gasteiger partial charge is 0.0465 e. The van der Waals surface area contributed by atoms with Gasteiger partial charge in [0.1, 0.15) is 0 Å². The highest BCUT2D eigenvalue weighted by molar-refractivity contribution is 7.07. The predicted molar refractivity (Wildman–Crippen MR) is 68.7 cm³/mol. The summed E-state index contributed by atoms with van der Waals surface area (Å²) in [6.07, 6.45) is 1.92. The van der Waals surface area contributed by atoms with Gasteiger partial charge in [-0.05, 0) is 46.7 Å². The summed E-state index contributed by atoms with van der Waals surface area (Å²) in [5.41, 5.74) is 2.64. The Bertz CT molecular complexity index is 394. The van der Waals surface area contributed by atoms with Crippen molar-refractivity contribution in [2.45, 2.75) is 12.8 Å². The van der Waals surface area contributed by atoms with Crippen molar-refractivity contribution in [2.24, 2.45) is 5.92 Å². The molecule has 1 nitrogen and oxygen atoms in total. The molecule has 1 N–H and O–H groups in total. The van der Waals surface area contributed by atoms with Gasteiger partial charge in [-0.25, -0.2) is 0 Å². The van der Waals surface area contributed by atoms with Crippen molar-refractivity contribution >= 4 is 11.3 Å². The minimum atomic E-state index is 0.255. The molecule has 84 valence electrons. The Balaban J connectivity index is 1.96. The van der Waals surface area contributed by atoms with Crippen LogP contribution in [-0.4, -0.2) is 11.7 Å². The molecule has 0 aliphatic heterocycles. The normalized spacial score (nSPS) is 12.6. The summed E-state index contributed by atoms with van der Waals surface area (Å²) in [6.45, 7) is 0.255. The lowest BCUT2D eigenvalue weighted by atomic mass is 9.94. The van der Waals surface area contributed by atoms with Crippen LogP contribution in [0.4, 0.5) is 0 Å². The molecule has 0 fully saturated rings. The van der Waals surface area contributed by atoms with Crippen LogP contribution in [0.3, 0.4) is 0 Å². The van der Waals surface area contributed by atoms with E-state index >= 15 is 0 Å². The summed E-state index contributed by atoms with van der Waals surface area (Å²) in [5.74, 6) is 0.331. The lowest BCUT2D eigenvalue weighted by Gasteiger charge is -2.13. The third kappa shape index (κ3) is 3.19. The summed E-state index contributed by atoms with van der Waals surface area (Å²) in [5, 5.41) is 13.6. The molecule has 1 atom stereocenters. The first-order valence-electron chi connectivity index (χ1n) is 5.54. The predicted octanol–water partition coefficient (Wildman–Crippen LogP) is 3.14. The van der Waals surface area contributed by atoms with Gasteiger partial charge in [0.15, 0.2) is 0 Å². The van der Waals surface area contributed by atoms with Gasteiger partial charge in [-0.1, -0.05) is 30.3 Å². The highest BCUT2D eigenvalue weighted by Crippen LogP contribution is 2.16. The summed E-state index contributed by atoms with van der Waals surface area (Å²) < 4.78 is 0. The number of aliphatic hydroxyl groups is 1. The first-order valence-corrected chi connectivity index (χ1v) is 6.48. The minimum absolute atomic E-state index is 0.255. The van der Waals surface area contributed by atoms with Crippen LogP contribution in [0.2, 0.25) is 0 Å². The van der Waals surface area contributed by atoms with E-state index in [9.17, 15) is 5.11 Å². The molecule has 0 radical (unpaired) electrons. The van der Waals surface area contributed by atoms with Crippen LogP contribution >= 0.6 is 11.3 Å². The first kappa shape index (κ1) is 11.4. The Morgan fingerprint density at radius 2 is 1.75 bits per heavy atom. The van der Waals surface area contributed by atoms with Crippen molar-refractivity contribution in [1.82, 2.24) is 0 Å². The van der Waals surface area contributed by atoms with Crippen LogP contribution in [0, 0.1) is 5.92 Å². The Hall–Kier alpha value is -1.12. The molecule has 2 heteroatoms. The Morgan fingerprint density at radius 1 is 1.00 bits per heavy atom. The quantitative estimate of drug-likeness (QED) is 0.839. The van der Waals surface area contributed by atoms with Crippen molar-refractivity contribution in [2.75, 3.05) is 6.61 Å². The Kier molecular flexibility index (Phi) is 4.14. The van der Waals surface area contributed by atoms with Crippen LogP contribution in [0.15, 0.2) is 47.2 Å². The van der Waals surface area contributed by atoms with Gasteiger partial charge < -0.3 is 5.11 Å². The molecule has 1 aromatic heterocycles. The zero-order valence-electron chi connectivity index (χ0n) is 9.17. The second-order valence-electron chi connectivity index (χ2n) is 4.07. The van der Waals surface area contributed by atoms with Crippen LogP contribution in [0.25, 0.3) is 0 Å². The fourth-order valence-electron chi connectivity index (χ4n) is 1.89. The van der Waals surface area contributed by atoms with Gasteiger partial charge >= 0.3 is 0 Å². The monoisotopic (exact) mass is 232 g/mol. The van der Waals surface area contributed by atoms with Gasteiger partial charge in [0.05, 0.1) is 0 Å². The van der Waals surface area contributed by atoms with Gasteiger partial charge in [-0.3, -0.25) is 0 Å². The zero-order valence-corrected chi connectivity index (χ0v) is 9.99. The number of hydrogen-bond donors (Lipinski definition) is 1. The Labute approximate surface area is 100 Å². The molecule has 0 aliphatic rings. The van der Waals surface area contributed by atoms with Crippen LogP contribution in [-0.2, 0) is 12.8 Å². The van der Waals surface area contributed by atoms with E-state index in [-0.39, 0.29) is 6.61 Å². The number of benzene rings is 1. The van der Waals surface area contributed by atoms with Crippen LogP contribution in [0.1, 0.15) is 11.1 Å². The number of hydrogen-bond acceptors (Lipinski definition) is 2. The van der Waals surface area contributed by atoms with Crippen molar-refractivity contribution in [1.29, 1.82) is 0 Å². The first-order chi connectivity index (χ1) is 7.88. The fraction of sp³-hybridized carbons (Fsp3) is 0.286. The highest BCUT2D eigenvalue weighted by atomic mass is 32.1. The standard InChI is InChI=1S/C14H16OS/c15-10-14(9-13-6-7-16-11-13)8-12-4-2-1-3-5-12/h1-7,11,14-15H,8-10H2. The lowest BCUT2D eigenvalue weighted by Crippen LogP contribution is -2.12. The summed E-state index contributed by atoms with van der Waals surface area (Å²) in [4.78, 5) is 0. The second kappa shape index (κ2) is 5.83. The van der Waals surface area contributed by atoms with Gasteiger partial charge in [0, 0.05) is 6.61 Å². The molecule has 0 saturated heterocycles. The van der Waals surface area contributed by atoms with Gasteiger partial charge in [-0.15, -0.1) is 0 Å². The second-order valence-corrected chi connectivity index (χ2v) is 4.85. The van der Waals surface area contributed by atoms with Crippen molar-refractivity contribution < 1.29 is 5.11 Å². The molecule has 0 spiro atoms. The Morgan fingerprint density at radius 3 is 2.38 bits per heavy atom. The average molecular weight is 232 g/mol. The average Bonchev–Trinajstić information content (AvgIpc) is 2.82. The largest absolute Gasteiger partial charge is 0.396 e. The van der Waals surface area contributed by atoms with E-state index in [4.69, 9.17) is 0 Å². The SMILES string of the molecule is OCC(Cc1ccccc1)Cc1ccsc1. The number of rotatable bonds is 5. The molecule has 0 saturated carbocycles. The van der Waals surface area contributed by atoms with E-state index < -0.39 is 0 Å². The molecule has 2 rings (SSSR count). The third-order valence-corrected chi connectivity index (χ3v) is 3.46.